The maximum atomic E-state index is 13.8. The second kappa shape index (κ2) is 9.99. The summed E-state index contributed by atoms with van der Waals surface area (Å²) in [4.78, 5) is 0. The summed E-state index contributed by atoms with van der Waals surface area (Å²) in [7, 11) is 0. The van der Waals surface area contributed by atoms with Crippen LogP contribution in [-0.4, -0.2) is 112 Å². The van der Waals surface area contributed by atoms with E-state index in [1.54, 1.807) is 0 Å². The van der Waals surface area contributed by atoms with Gasteiger partial charge in [0.25, 0.3) is 0 Å². The van der Waals surface area contributed by atoms with E-state index in [9.17, 15) is 85.6 Å². The molecule has 0 aromatic carbocycles. The van der Waals surface area contributed by atoms with E-state index in [0.29, 0.717) is 0 Å². The lowest BCUT2D eigenvalue weighted by Gasteiger charge is -2.43. The molecule has 0 saturated carbocycles. The van der Waals surface area contributed by atoms with Crippen molar-refractivity contribution in [2.45, 2.75) is 78.6 Å². The van der Waals surface area contributed by atoms with Crippen molar-refractivity contribution in [1.82, 2.24) is 0 Å². The molecule has 0 bridgehead atoms. The normalized spacial score (nSPS) is 27.6. The highest BCUT2D eigenvalue weighted by Crippen LogP contribution is 2.62. The highest BCUT2D eigenvalue weighted by molar-refractivity contribution is 5.14. The maximum Gasteiger partial charge on any atom is 0.384 e. The third kappa shape index (κ3) is 4.92. The van der Waals surface area contributed by atoms with E-state index >= 15 is 0 Å². The molecule has 0 aromatic rings. The van der Waals surface area contributed by atoms with E-state index < -0.39 is 91.8 Å². The summed E-state index contributed by atoms with van der Waals surface area (Å²) in [5, 5.41) is 37.1. The van der Waals surface area contributed by atoms with Crippen molar-refractivity contribution in [2.75, 3.05) is 13.2 Å². The van der Waals surface area contributed by atoms with Gasteiger partial charge in [-0.3, -0.25) is 0 Å². The average molecular weight is 594 g/mol. The Morgan fingerprint density at radius 1 is 0.622 bits per heavy atom. The quantitative estimate of drug-likeness (QED) is 0.275. The zero-order valence-electron chi connectivity index (χ0n) is 17.0. The van der Waals surface area contributed by atoms with Crippen molar-refractivity contribution >= 4 is 0 Å². The van der Waals surface area contributed by atoms with Gasteiger partial charge in [-0.25, -0.2) is 8.78 Å². The molecule has 22 heteroatoms. The smallest absolute Gasteiger partial charge is 0.384 e. The number of ether oxygens (including phenoxy) is 2. The van der Waals surface area contributed by atoms with Gasteiger partial charge in [0.1, 0.15) is 31.0 Å². The molecule has 0 radical (unpaired) electrons. The van der Waals surface area contributed by atoms with Crippen LogP contribution in [0.3, 0.4) is 0 Å². The first kappa shape index (κ1) is 33.7. The van der Waals surface area contributed by atoms with Gasteiger partial charge in [0.05, 0.1) is 6.61 Å². The Morgan fingerprint density at radius 2 is 1.03 bits per heavy atom. The lowest BCUT2D eigenvalue weighted by Crippen LogP contribution is -2.74. The van der Waals surface area contributed by atoms with Crippen LogP contribution in [-0.2, 0) is 9.47 Å². The topological polar surface area (TPSA) is 99.4 Å². The molecule has 1 rings (SSSR count). The molecule has 222 valence electrons. The van der Waals surface area contributed by atoms with Gasteiger partial charge in [-0.15, -0.1) is 0 Å². The van der Waals surface area contributed by atoms with Crippen molar-refractivity contribution in [1.29, 1.82) is 0 Å². The molecule has 1 heterocycles. The molecule has 0 amide bonds. The van der Waals surface area contributed by atoms with Gasteiger partial charge in [-0.2, -0.15) is 61.5 Å². The van der Waals surface area contributed by atoms with E-state index in [0.717, 1.165) is 0 Å². The molecule has 6 nitrogen and oxygen atoms in total. The molecule has 4 N–H and O–H groups in total. The van der Waals surface area contributed by atoms with Crippen LogP contribution < -0.4 is 0 Å². The zero-order chi connectivity index (χ0) is 29.8. The molecule has 1 aliphatic heterocycles. The van der Waals surface area contributed by atoms with Crippen LogP contribution in [0.5, 0.6) is 0 Å². The Hall–Kier alpha value is -1.36. The van der Waals surface area contributed by atoms with Crippen LogP contribution in [0.15, 0.2) is 0 Å². The summed E-state index contributed by atoms with van der Waals surface area (Å²) in [6.07, 6.45) is -18.2. The molecule has 0 aliphatic carbocycles. The lowest BCUT2D eigenvalue weighted by atomic mass is 9.89. The minimum absolute atomic E-state index is 1.30. The fourth-order valence-corrected chi connectivity index (χ4v) is 2.65. The Kier molecular flexibility index (Phi) is 9.09. The highest BCUT2D eigenvalue weighted by atomic mass is 19.4. The van der Waals surface area contributed by atoms with Gasteiger partial charge in [0.15, 0.2) is 6.29 Å². The van der Waals surface area contributed by atoms with Gasteiger partial charge in [-0.1, -0.05) is 0 Å². The second-order valence-electron chi connectivity index (χ2n) is 7.51. The average Bonchev–Trinajstić information content (AvgIpc) is 2.76. The van der Waals surface area contributed by atoms with Gasteiger partial charge >= 0.3 is 47.9 Å². The Balaban J connectivity index is 3.35. The number of alkyl halides is 16. The standard InChI is InChI=1S/C15H14F16O6/c16-8(17)10(20,21)12(24,25)14(28,29)15(30,31)13(26,27)11(22,23)9(18,19)2-36-7-6(35)5(34)4(33)3(1-32)37-7/h3-8,32-35H,1-2H2/t3-,4+,5+,6-,7-/m1/s1. The van der Waals surface area contributed by atoms with E-state index in [1.165, 1.54) is 0 Å². The van der Waals surface area contributed by atoms with Gasteiger partial charge < -0.3 is 29.9 Å². The Morgan fingerprint density at radius 3 is 1.43 bits per heavy atom. The third-order valence-corrected chi connectivity index (χ3v) is 5.01. The fraction of sp³-hybridized carbons (Fsp3) is 1.00. The van der Waals surface area contributed by atoms with Crippen molar-refractivity contribution in [3.8, 4) is 0 Å². The minimum Gasteiger partial charge on any atom is -0.394 e. The summed E-state index contributed by atoms with van der Waals surface area (Å²) < 4.78 is 220. The van der Waals surface area contributed by atoms with Gasteiger partial charge in [0.2, 0.25) is 0 Å². The van der Waals surface area contributed by atoms with Gasteiger partial charge in [-0.05, 0) is 0 Å². The Bertz CT molecular complexity index is 791. The number of aliphatic hydroxyl groups is 4. The first-order valence-corrected chi connectivity index (χ1v) is 9.05. The van der Waals surface area contributed by atoms with E-state index in [4.69, 9.17) is 5.11 Å². The predicted octanol–water partition coefficient (Wildman–Crippen LogP) is 2.52. The molecule has 1 fully saturated rings. The largest absolute Gasteiger partial charge is 0.394 e. The van der Waals surface area contributed by atoms with Crippen LogP contribution in [0.25, 0.3) is 0 Å². The molecule has 0 unspecified atom stereocenters. The van der Waals surface area contributed by atoms with Crippen molar-refractivity contribution in [3.05, 3.63) is 0 Å². The van der Waals surface area contributed by atoms with Crippen LogP contribution in [0.4, 0.5) is 70.2 Å². The molecule has 0 spiro atoms. The Labute approximate surface area is 193 Å². The van der Waals surface area contributed by atoms with Crippen molar-refractivity contribution in [2.24, 2.45) is 0 Å². The van der Waals surface area contributed by atoms with E-state index in [1.807, 2.05) is 0 Å². The summed E-state index contributed by atoms with van der Waals surface area (Å²) in [6.45, 7) is -4.63. The monoisotopic (exact) mass is 594 g/mol. The molecule has 5 atom stereocenters. The van der Waals surface area contributed by atoms with Crippen LogP contribution in [0.1, 0.15) is 0 Å². The summed E-state index contributed by atoms with van der Waals surface area (Å²) >= 11 is 0. The first-order valence-electron chi connectivity index (χ1n) is 9.05. The van der Waals surface area contributed by atoms with Crippen LogP contribution >= 0.6 is 0 Å². The van der Waals surface area contributed by atoms with E-state index in [2.05, 4.69) is 9.47 Å². The maximum absolute atomic E-state index is 13.8. The molecular weight excluding hydrogens is 580 g/mol. The van der Waals surface area contributed by atoms with Crippen LogP contribution in [0, 0.1) is 0 Å². The number of rotatable bonds is 11. The predicted molar refractivity (Wildman–Crippen MR) is 80.4 cm³/mol. The molecule has 0 aromatic heterocycles. The third-order valence-electron chi connectivity index (χ3n) is 5.01. The molecule has 37 heavy (non-hydrogen) atoms. The van der Waals surface area contributed by atoms with Crippen molar-refractivity contribution in [3.63, 3.8) is 0 Å². The molecule has 1 saturated heterocycles. The summed E-state index contributed by atoms with van der Waals surface area (Å²) in [5.41, 5.74) is 0. The van der Waals surface area contributed by atoms with E-state index in [-0.39, 0.29) is 0 Å². The number of hydrogen-bond donors (Lipinski definition) is 4. The lowest BCUT2D eigenvalue weighted by molar-refractivity contribution is -0.449. The fourth-order valence-electron chi connectivity index (χ4n) is 2.65. The minimum atomic E-state index is -8.57. The second-order valence-corrected chi connectivity index (χ2v) is 7.51. The summed E-state index contributed by atoms with van der Waals surface area (Å²) in [5.74, 6) is -56.0. The molecular formula is C15H14F16O6. The highest BCUT2D eigenvalue weighted by Gasteiger charge is 2.93. The number of hydrogen-bond acceptors (Lipinski definition) is 6. The van der Waals surface area contributed by atoms with Gasteiger partial charge in [0, 0.05) is 0 Å². The first-order chi connectivity index (χ1) is 16.2. The van der Waals surface area contributed by atoms with Crippen molar-refractivity contribution < 1.29 is 100 Å². The summed E-state index contributed by atoms with van der Waals surface area (Å²) in [6, 6.07) is 0. The number of aliphatic hydroxyl groups excluding tert-OH is 4. The van der Waals surface area contributed by atoms with Crippen LogP contribution in [0.2, 0.25) is 0 Å². The SMILES string of the molecule is OC[C@H]1O[C@@H](OCC(F)(F)C(F)(F)C(F)(F)C(F)(F)C(F)(F)C(F)(F)C(F)(F)C(F)F)[C@H](O)[C@@H](O)[C@H]1O. The zero-order valence-corrected chi connectivity index (χ0v) is 17.0. The molecule has 1 aliphatic rings. The number of halogens is 16.